The molecule has 0 aromatic rings. The lowest BCUT2D eigenvalue weighted by Gasteiger charge is -2.35. The van der Waals surface area contributed by atoms with Crippen LogP contribution in [0.1, 0.15) is 227 Å². The second-order valence-corrected chi connectivity index (χ2v) is 38.2. The van der Waals surface area contributed by atoms with Crippen LogP contribution in [-0.4, -0.2) is 330 Å². The normalized spacial score (nSPS) is 21.0. The molecule has 0 unspecified atom stereocenters. The molecule has 133 heavy (non-hydrogen) atoms. The Labute approximate surface area is 778 Å². The van der Waals surface area contributed by atoms with Gasteiger partial charge in [-0.2, -0.15) is 0 Å². The number of hydrogen-bond donors (Lipinski definition) is 19. The molecule has 750 valence electrons. The van der Waals surface area contributed by atoms with Crippen molar-refractivity contribution >= 4 is 118 Å². The number of carbonyl (C=O) groups is 20. The van der Waals surface area contributed by atoms with Crippen molar-refractivity contribution < 1.29 is 116 Å². The molecule has 5 heterocycles. The fourth-order valence-electron chi connectivity index (χ4n) is 17.0. The molecule has 0 spiro atoms. The van der Waals surface area contributed by atoms with Crippen LogP contribution in [0.25, 0.3) is 0 Å². The maximum absolute atomic E-state index is 14.9. The molecule has 21 atom stereocenters. The van der Waals surface area contributed by atoms with Crippen LogP contribution in [-0.2, 0) is 95.9 Å². The second-order valence-electron chi connectivity index (χ2n) is 38.2. The van der Waals surface area contributed by atoms with Gasteiger partial charge in [0.05, 0.1) is 25.9 Å². The first kappa shape index (κ1) is 113. The van der Waals surface area contributed by atoms with Crippen molar-refractivity contribution in [2.75, 3.05) is 52.5 Å². The molecule has 5 rings (SSSR count). The van der Waals surface area contributed by atoms with Gasteiger partial charge in [-0.3, -0.25) is 91.1 Å². The molecule has 0 radical (unpaired) electrons. The third-order valence-corrected chi connectivity index (χ3v) is 25.3. The zero-order valence-electron chi connectivity index (χ0n) is 80.4. The van der Waals surface area contributed by atoms with Gasteiger partial charge in [0.15, 0.2) is 0 Å². The lowest BCUT2D eigenvalue weighted by atomic mass is 9.96. The summed E-state index contributed by atoms with van der Waals surface area (Å²) in [5.74, 6) is -20.1. The Hall–Kier alpha value is -10.8. The first-order valence-corrected chi connectivity index (χ1v) is 47.0. The van der Waals surface area contributed by atoms with Crippen molar-refractivity contribution in [1.82, 2.24) is 93.6 Å². The first-order valence-electron chi connectivity index (χ1n) is 47.0. The summed E-state index contributed by atoms with van der Waals surface area (Å²) in [6.07, 6.45) is 1.26. The monoisotopic (exact) mass is 1880 g/mol. The van der Waals surface area contributed by atoms with Crippen molar-refractivity contribution in [3.8, 4) is 0 Å². The van der Waals surface area contributed by atoms with E-state index < -0.39 is 295 Å². The van der Waals surface area contributed by atoms with Gasteiger partial charge in [0.25, 0.3) is 0 Å². The molecule has 0 saturated carbocycles. The Kier molecular flexibility index (Phi) is 44.7. The number of hydrogen-bond acceptors (Lipinski definition) is 24. The van der Waals surface area contributed by atoms with E-state index in [1.807, 2.05) is 20.8 Å². The zero-order chi connectivity index (χ0) is 100. The van der Waals surface area contributed by atoms with Crippen molar-refractivity contribution in [1.29, 1.82) is 0 Å². The molecule has 0 aliphatic carbocycles. The minimum absolute atomic E-state index is 0.0171. The maximum Gasteiger partial charge on any atom is 0.326 e. The van der Waals surface area contributed by atoms with Gasteiger partial charge < -0.3 is 126 Å². The van der Waals surface area contributed by atoms with E-state index in [9.17, 15) is 116 Å². The highest BCUT2D eigenvalue weighted by molar-refractivity contribution is 6.02. The van der Waals surface area contributed by atoms with E-state index in [4.69, 9.17) is 11.5 Å². The fourth-order valence-corrected chi connectivity index (χ4v) is 17.0. The largest absolute Gasteiger partial charge is 0.480 e. The summed E-state index contributed by atoms with van der Waals surface area (Å²) in [4.78, 5) is 286. The SMILES string of the molecule is CC[C@H](C)[C@H](NC(=O)[C@H](C)NC(=O)[C@@H](NC(=O)[C@H](CO)NC(=O)[C@@H](N)CO)C(C)C)C(=O)N[C@@H](CCC(N)=O)C(=O)N1CCC[C@H]1C(=O)N1CCC[C@H]1C(=O)N1CCC[C@H]1C(=O)N[C@H](C(=O)N[C@H](C(=O)N[C@H](C(=O)N[C@H](C(=O)N[C@@H](CC(C)C)C(=O)N1CCC[C@H]1C(=O)NCC(=O)N1CCC[C@H]1C(=O)N[C@H](C(=O)N[C@@H](CC(C)C)C(=O)O)[C@@H](C)CC)[C@@H](C)O)C(C)C)C(C)C)C(C)C. The van der Waals surface area contributed by atoms with Gasteiger partial charge in [0, 0.05) is 39.1 Å². The second kappa shape index (κ2) is 52.8. The van der Waals surface area contributed by atoms with Gasteiger partial charge in [0.2, 0.25) is 112 Å². The van der Waals surface area contributed by atoms with E-state index in [-0.39, 0.29) is 95.9 Å². The van der Waals surface area contributed by atoms with E-state index in [1.54, 1.807) is 90.0 Å². The van der Waals surface area contributed by atoms with Crippen molar-refractivity contribution in [2.45, 2.75) is 342 Å². The van der Waals surface area contributed by atoms with Gasteiger partial charge in [-0.05, 0) is 145 Å². The minimum Gasteiger partial charge on any atom is -0.480 e. The standard InChI is InChI=1S/C89H150N20O24/c1-19-49(15)69(102-72(115)51(17)93-78(121)65(45(7)8)98-74(117)57(42-111)97-73(116)53(90)41-110)82(125)94-54(31-32-63(91)113)85(128)108-36-24-29-61(108)88(131)109-37-25-30-62(109)87(130)107-35-23-28-60(107)77(120)99-66(46(9)10)79(122)100-67(47(11)12)80(123)101-68(48(13)14)81(124)104-71(52(18)112)84(127)95-55(38-43(3)4)86(129)106-34-22-26-58(106)75(118)92-40-64(114)105-33-21-27-59(105)76(119)103-70(50(16)20-2)83(126)96-56(89(132)133)39-44(5)6/h43-62,65-71,110-112H,19-42,90H2,1-18H3,(H2,91,113)(H,92,118)(H,93,121)(H,94,125)(H,95,127)(H,96,126)(H,97,116)(H,98,117)(H,99,120)(H,100,122)(H,101,123)(H,102,115)(H,103,119)(H,104,124)(H,132,133)/t49-,50-,51-,52+,53-,54-,55-,56-,57-,58-,59-,60-,61-,62-,65-,66-,67-,68-,69-,70-,71-/m0/s1. The smallest absolute Gasteiger partial charge is 0.326 e. The molecule has 0 aromatic carbocycles. The van der Waals surface area contributed by atoms with Gasteiger partial charge in [-0.1, -0.05) is 124 Å². The Morgan fingerprint density at radius 3 is 1.12 bits per heavy atom. The summed E-state index contributed by atoms with van der Waals surface area (Å²) in [7, 11) is 0. The molecular formula is C89H150N20O24. The Morgan fingerprint density at radius 1 is 0.353 bits per heavy atom. The number of amides is 19. The molecular weight excluding hydrogens is 1730 g/mol. The van der Waals surface area contributed by atoms with Crippen molar-refractivity contribution in [3.63, 3.8) is 0 Å². The van der Waals surface area contributed by atoms with Crippen LogP contribution in [0, 0.1) is 47.3 Å². The van der Waals surface area contributed by atoms with Crippen molar-refractivity contribution in [3.05, 3.63) is 0 Å². The van der Waals surface area contributed by atoms with Crippen LogP contribution in [0.2, 0.25) is 0 Å². The van der Waals surface area contributed by atoms with E-state index in [1.165, 1.54) is 38.3 Å². The summed E-state index contributed by atoms with van der Waals surface area (Å²) in [5.41, 5.74) is 11.1. The Balaban J connectivity index is 1.22. The Morgan fingerprint density at radius 2 is 0.684 bits per heavy atom. The number of nitrogens with two attached hydrogens (primary N) is 2. The summed E-state index contributed by atoms with van der Waals surface area (Å²) in [6, 6.07) is -23.5. The summed E-state index contributed by atoms with van der Waals surface area (Å²) in [6.45, 7) is 27.7. The van der Waals surface area contributed by atoms with Gasteiger partial charge >= 0.3 is 5.97 Å². The lowest BCUT2D eigenvalue weighted by Crippen LogP contribution is -2.63. The van der Waals surface area contributed by atoms with Gasteiger partial charge in [-0.25, -0.2) is 4.79 Å². The highest BCUT2D eigenvalue weighted by Gasteiger charge is 2.50. The van der Waals surface area contributed by atoms with Gasteiger partial charge in [0.1, 0.15) is 109 Å². The average Bonchev–Trinajstić information content (AvgIpc) is 1.64. The predicted octanol–water partition coefficient (Wildman–Crippen LogP) is -4.25. The van der Waals surface area contributed by atoms with Crippen molar-refractivity contribution in [2.24, 2.45) is 58.8 Å². The van der Waals surface area contributed by atoms with Crippen LogP contribution in [0.15, 0.2) is 0 Å². The number of carboxylic acid groups (broad SMARTS) is 1. The van der Waals surface area contributed by atoms with Crippen LogP contribution < -0.4 is 80.6 Å². The fraction of sp³-hybridized carbons (Fsp3) is 0.775. The molecule has 5 aliphatic rings. The zero-order valence-corrected chi connectivity index (χ0v) is 80.4. The number of aliphatic hydroxyl groups excluding tert-OH is 3. The van der Waals surface area contributed by atoms with E-state index in [2.05, 4.69) is 69.1 Å². The molecule has 21 N–H and O–H groups in total. The van der Waals surface area contributed by atoms with Crippen LogP contribution in [0.5, 0.6) is 0 Å². The number of aliphatic hydroxyl groups is 3. The highest BCUT2D eigenvalue weighted by Crippen LogP contribution is 2.31. The summed E-state index contributed by atoms with van der Waals surface area (Å²) in [5, 5.41) is 73.8. The molecule has 19 amide bonds. The Bertz CT molecular complexity index is 4110. The van der Waals surface area contributed by atoms with Crippen LogP contribution >= 0.6 is 0 Å². The van der Waals surface area contributed by atoms with Crippen LogP contribution in [0.3, 0.4) is 0 Å². The molecule has 5 aliphatic heterocycles. The van der Waals surface area contributed by atoms with Gasteiger partial charge in [-0.15, -0.1) is 0 Å². The first-order chi connectivity index (χ1) is 62.4. The number of nitrogens with zero attached hydrogens (tertiary/aromatic N) is 5. The molecule has 44 heteroatoms. The van der Waals surface area contributed by atoms with E-state index >= 15 is 0 Å². The molecule has 0 bridgehead atoms. The van der Waals surface area contributed by atoms with Crippen LogP contribution in [0.4, 0.5) is 0 Å². The molecule has 5 fully saturated rings. The third kappa shape index (κ3) is 31.7. The number of aliphatic carboxylic acids is 1. The average molecular weight is 1880 g/mol. The lowest BCUT2D eigenvalue weighted by molar-refractivity contribution is -0.151. The summed E-state index contributed by atoms with van der Waals surface area (Å²) < 4.78 is 0. The number of rotatable bonds is 50. The molecule has 5 saturated heterocycles. The number of primary amides is 1. The number of carboxylic acids is 1. The molecule has 0 aromatic heterocycles. The summed E-state index contributed by atoms with van der Waals surface area (Å²) >= 11 is 0. The third-order valence-electron chi connectivity index (χ3n) is 25.3. The quantitative estimate of drug-likeness (QED) is 0.0274. The predicted molar refractivity (Wildman–Crippen MR) is 483 cm³/mol. The topological polar surface area (TPSA) is 647 Å². The number of likely N-dealkylation sites (tertiary alicyclic amines) is 5. The molecule has 44 nitrogen and oxygen atoms in total. The number of carbonyl (C=O) groups excluding carboxylic acids is 19. The maximum atomic E-state index is 14.9. The van der Waals surface area contributed by atoms with E-state index in [0.29, 0.717) is 44.9 Å². The minimum atomic E-state index is -1.73. The number of nitrogens with one attached hydrogen (secondary N) is 13. The highest BCUT2D eigenvalue weighted by atomic mass is 16.4. The van der Waals surface area contributed by atoms with E-state index in [0.717, 1.165) is 0 Å².